The Balaban J connectivity index is 0.00000208. The van der Waals surface area contributed by atoms with E-state index in [-0.39, 0.29) is 24.1 Å². The van der Waals surface area contributed by atoms with Crippen LogP contribution in [0.4, 0.5) is 15.8 Å². The molecule has 1 amide bonds. The van der Waals surface area contributed by atoms with E-state index in [0.29, 0.717) is 44.0 Å². The first-order valence-corrected chi connectivity index (χ1v) is 7.75. The van der Waals surface area contributed by atoms with Crippen molar-refractivity contribution in [2.45, 2.75) is 6.42 Å². The van der Waals surface area contributed by atoms with Crippen LogP contribution in [0.3, 0.4) is 0 Å². The van der Waals surface area contributed by atoms with Gasteiger partial charge in [0.15, 0.2) is 0 Å². The Morgan fingerprint density at radius 3 is 2.42 bits per heavy atom. The Morgan fingerprint density at radius 2 is 1.75 bits per heavy atom. The number of halogens is 2. The van der Waals surface area contributed by atoms with Crippen molar-refractivity contribution in [3.05, 3.63) is 59.9 Å². The van der Waals surface area contributed by atoms with Crippen LogP contribution >= 0.6 is 12.4 Å². The second-order valence-electron chi connectivity index (χ2n) is 5.74. The smallest absolute Gasteiger partial charge is 0.227 e. The van der Waals surface area contributed by atoms with E-state index in [4.69, 9.17) is 5.73 Å². The molecule has 2 aromatic carbocycles. The van der Waals surface area contributed by atoms with Gasteiger partial charge in [-0.05, 0) is 29.8 Å². The highest BCUT2D eigenvalue weighted by atomic mass is 35.5. The third-order valence-electron chi connectivity index (χ3n) is 4.13. The lowest BCUT2D eigenvalue weighted by atomic mass is 10.1. The normalized spacial score (nSPS) is 14.2. The van der Waals surface area contributed by atoms with E-state index in [9.17, 15) is 9.18 Å². The van der Waals surface area contributed by atoms with Crippen molar-refractivity contribution in [2.24, 2.45) is 0 Å². The highest BCUT2D eigenvalue weighted by Gasteiger charge is 2.22. The van der Waals surface area contributed by atoms with Crippen LogP contribution in [0.15, 0.2) is 48.5 Å². The molecule has 0 radical (unpaired) electrons. The lowest BCUT2D eigenvalue weighted by molar-refractivity contribution is -0.130. The summed E-state index contributed by atoms with van der Waals surface area (Å²) in [7, 11) is 0. The third-order valence-corrected chi connectivity index (χ3v) is 4.13. The molecule has 1 saturated heterocycles. The SMILES string of the molecule is Cl.Nc1cccc(CC(=O)N2CCN(c3ccccc3F)CC2)c1. The molecule has 2 aromatic rings. The number of carbonyl (C=O) groups excluding carboxylic acids is 1. The van der Waals surface area contributed by atoms with Crippen molar-refractivity contribution >= 4 is 29.7 Å². The molecule has 0 atom stereocenters. The van der Waals surface area contributed by atoms with Crippen LogP contribution in [0, 0.1) is 5.82 Å². The Labute approximate surface area is 147 Å². The molecule has 0 spiro atoms. The number of hydrogen-bond acceptors (Lipinski definition) is 3. The predicted molar refractivity (Wildman–Crippen MR) is 97.0 cm³/mol. The first kappa shape index (κ1) is 18.1. The maximum atomic E-state index is 13.8. The Hall–Kier alpha value is -2.27. The molecule has 0 saturated carbocycles. The molecule has 0 aliphatic carbocycles. The molecular weight excluding hydrogens is 329 g/mol. The third kappa shape index (κ3) is 4.17. The monoisotopic (exact) mass is 349 g/mol. The van der Waals surface area contributed by atoms with Gasteiger partial charge in [-0.25, -0.2) is 4.39 Å². The maximum absolute atomic E-state index is 13.8. The molecule has 0 aromatic heterocycles. The lowest BCUT2D eigenvalue weighted by Crippen LogP contribution is -2.49. The number of nitrogens with two attached hydrogens (primary N) is 1. The number of nitrogens with zero attached hydrogens (tertiary/aromatic N) is 2. The molecule has 128 valence electrons. The van der Waals surface area contributed by atoms with Gasteiger partial charge in [0.1, 0.15) is 5.82 Å². The zero-order chi connectivity index (χ0) is 16.2. The minimum atomic E-state index is -0.216. The fourth-order valence-electron chi connectivity index (χ4n) is 2.89. The Kier molecular flexibility index (Phi) is 6.04. The number of carbonyl (C=O) groups is 1. The molecule has 24 heavy (non-hydrogen) atoms. The lowest BCUT2D eigenvalue weighted by Gasteiger charge is -2.36. The number of benzene rings is 2. The number of rotatable bonds is 3. The standard InChI is InChI=1S/C18H20FN3O.ClH/c19-16-6-1-2-7-17(16)21-8-10-22(11-9-21)18(23)13-14-4-3-5-15(20)12-14;/h1-7,12H,8-11,13,20H2;1H. The largest absolute Gasteiger partial charge is 0.399 e. The van der Waals surface area contributed by atoms with Crippen LogP contribution in [-0.4, -0.2) is 37.0 Å². The molecule has 0 unspecified atom stereocenters. The zero-order valence-corrected chi connectivity index (χ0v) is 14.1. The van der Waals surface area contributed by atoms with Gasteiger partial charge in [-0.3, -0.25) is 4.79 Å². The topological polar surface area (TPSA) is 49.6 Å². The van der Waals surface area contributed by atoms with Crippen LogP contribution < -0.4 is 10.6 Å². The van der Waals surface area contributed by atoms with E-state index in [1.165, 1.54) is 6.07 Å². The first-order valence-electron chi connectivity index (χ1n) is 7.75. The van der Waals surface area contributed by atoms with Crippen molar-refractivity contribution in [2.75, 3.05) is 36.8 Å². The van der Waals surface area contributed by atoms with Gasteiger partial charge in [-0.2, -0.15) is 0 Å². The van der Waals surface area contributed by atoms with Gasteiger partial charge in [-0.15, -0.1) is 12.4 Å². The van der Waals surface area contributed by atoms with E-state index in [2.05, 4.69) is 0 Å². The summed E-state index contributed by atoms with van der Waals surface area (Å²) in [6.45, 7) is 2.50. The fourth-order valence-corrected chi connectivity index (χ4v) is 2.89. The molecule has 1 heterocycles. The number of nitrogen functional groups attached to an aromatic ring is 1. The number of para-hydroxylation sites is 1. The summed E-state index contributed by atoms with van der Waals surface area (Å²) in [6, 6.07) is 14.2. The second-order valence-corrected chi connectivity index (χ2v) is 5.74. The van der Waals surface area contributed by atoms with E-state index in [0.717, 1.165) is 5.56 Å². The Bertz CT molecular complexity index is 702. The molecule has 1 fully saturated rings. The summed E-state index contributed by atoms with van der Waals surface area (Å²) in [6.07, 6.45) is 0.352. The van der Waals surface area contributed by atoms with Gasteiger partial charge in [0.2, 0.25) is 5.91 Å². The quantitative estimate of drug-likeness (QED) is 0.867. The fraction of sp³-hybridized carbons (Fsp3) is 0.278. The van der Waals surface area contributed by atoms with Crippen molar-refractivity contribution < 1.29 is 9.18 Å². The molecule has 1 aliphatic rings. The predicted octanol–water partition coefficient (Wildman–Crippen LogP) is 2.72. The van der Waals surface area contributed by atoms with Crippen LogP contribution in [0.25, 0.3) is 0 Å². The van der Waals surface area contributed by atoms with Crippen molar-refractivity contribution in [1.29, 1.82) is 0 Å². The molecular formula is C18H21ClFN3O. The van der Waals surface area contributed by atoms with Crippen LogP contribution in [0.2, 0.25) is 0 Å². The highest BCUT2D eigenvalue weighted by Crippen LogP contribution is 2.20. The molecule has 3 rings (SSSR count). The van der Waals surface area contributed by atoms with Crippen molar-refractivity contribution in [1.82, 2.24) is 4.90 Å². The molecule has 2 N–H and O–H groups in total. The van der Waals surface area contributed by atoms with E-state index in [1.54, 1.807) is 18.2 Å². The summed E-state index contributed by atoms with van der Waals surface area (Å²) in [4.78, 5) is 16.2. The van der Waals surface area contributed by atoms with Gasteiger partial charge in [0, 0.05) is 31.9 Å². The zero-order valence-electron chi connectivity index (χ0n) is 13.3. The van der Waals surface area contributed by atoms with Crippen LogP contribution in [0.5, 0.6) is 0 Å². The van der Waals surface area contributed by atoms with Crippen molar-refractivity contribution in [3.8, 4) is 0 Å². The molecule has 4 nitrogen and oxygen atoms in total. The summed E-state index contributed by atoms with van der Waals surface area (Å²) in [5, 5.41) is 0. The van der Waals surface area contributed by atoms with Crippen LogP contribution in [0.1, 0.15) is 5.56 Å². The molecule has 6 heteroatoms. The van der Waals surface area contributed by atoms with Gasteiger partial charge >= 0.3 is 0 Å². The molecule has 1 aliphatic heterocycles. The number of hydrogen-bond donors (Lipinski definition) is 1. The summed E-state index contributed by atoms with van der Waals surface area (Å²) >= 11 is 0. The average Bonchev–Trinajstić information content (AvgIpc) is 2.55. The maximum Gasteiger partial charge on any atom is 0.227 e. The molecule has 0 bridgehead atoms. The number of piperazine rings is 1. The Morgan fingerprint density at radius 1 is 1.04 bits per heavy atom. The van der Waals surface area contributed by atoms with E-state index >= 15 is 0 Å². The summed E-state index contributed by atoms with van der Waals surface area (Å²) in [5.41, 5.74) is 7.94. The van der Waals surface area contributed by atoms with E-state index in [1.807, 2.05) is 34.1 Å². The summed E-state index contributed by atoms with van der Waals surface area (Å²) < 4.78 is 13.8. The number of anilines is 2. The average molecular weight is 350 g/mol. The first-order chi connectivity index (χ1) is 11.1. The van der Waals surface area contributed by atoms with Gasteiger partial charge in [-0.1, -0.05) is 24.3 Å². The minimum Gasteiger partial charge on any atom is -0.399 e. The second kappa shape index (κ2) is 8.02. The van der Waals surface area contributed by atoms with Crippen LogP contribution in [-0.2, 0) is 11.2 Å². The van der Waals surface area contributed by atoms with Crippen molar-refractivity contribution in [3.63, 3.8) is 0 Å². The van der Waals surface area contributed by atoms with Gasteiger partial charge in [0.05, 0.1) is 12.1 Å². The number of amides is 1. The van der Waals surface area contributed by atoms with Gasteiger partial charge in [0.25, 0.3) is 0 Å². The van der Waals surface area contributed by atoms with E-state index < -0.39 is 0 Å². The minimum absolute atomic E-state index is 0. The van der Waals surface area contributed by atoms with Gasteiger partial charge < -0.3 is 15.5 Å². The highest BCUT2D eigenvalue weighted by molar-refractivity contribution is 5.85. The summed E-state index contributed by atoms with van der Waals surface area (Å²) in [5.74, 6) is -0.129.